The fourth-order valence-corrected chi connectivity index (χ4v) is 3.20. The highest BCUT2D eigenvalue weighted by atomic mass is 35.5. The molecule has 1 aliphatic heterocycles. The summed E-state index contributed by atoms with van der Waals surface area (Å²) in [7, 11) is 0. The Kier molecular flexibility index (Phi) is 5.77. The maximum atomic E-state index is 12.4. The standard InChI is InChI=1S/C16H22Cl2N2O/c1-3-12(4-2)16(21)20-9-7-19(8-10-20)15-11-13(17)5-6-14(15)18/h5-6,11-12H,3-4,7-10H2,1-2H3. The average molecular weight is 329 g/mol. The third-order valence-electron chi connectivity index (χ3n) is 4.18. The van der Waals surface area contributed by atoms with Crippen molar-refractivity contribution in [3.05, 3.63) is 28.2 Å². The van der Waals surface area contributed by atoms with Crippen molar-refractivity contribution in [2.24, 2.45) is 5.92 Å². The predicted octanol–water partition coefficient (Wildman–Crippen LogP) is 4.08. The van der Waals surface area contributed by atoms with Crippen LogP contribution in [0.4, 0.5) is 5.69 Å². The summed E-state index contributed by atoms with van der Waals surface area (Å²) in [4.78, 5) is 16.6. The summed E-state index contributed by atoms with van der Waals surface area (Å²) in [5.41, 5.74) is 0.957. The van der Waals surface area contributed by atoms with Crippen LogP contribution < -0.4 is 4.90 Å². The lowest BCUT2D eigenvalue weighted by atomic mass is 10.0. The van der Waals surface area contributed by atoms with Gasteiger partial charge in [-0.15, -0.1) is 0 Å². The molecule has 116 valence electrons. The lowest BCUT2D eigenvalue weighted by Gasteiger charge is -2.37. The highest BCUT2D eigenvalue weighted by Crippen LogP contribution is 2.30. The van der Waals surface area contributed by atoms with E-state index in [1.165, 1.54) is 0 Å². The average Bonchev–Trinajstić information content (AvgIpc) is 2.51. The zero-order chi connectivity index (χ0) is 15.4. The molecule has 0 bridgehead atoms. The second kappa shape index (κ2) is 7.37. The Balaban J connectivity index is 2.00. The summed E-state index contributed by atoms with van der Waals surface area (Å²) >= 11 is 12.3. The van der Waals surface area contributed by atoms with Gasteiger partial charge in [0.15, 0.2) is 0 Å². The fraction of sp³-hybridized carbons (Fsp3) is 0.562. The molecule has 3 nitrogen and oxygen atoms in total. The molecule has 0 unspecified atom stereocenters. The van der Waals surface area contributed by atoms with Gasteiger partial charge in [0.1, 0.15) is 0 Å². The molecule has 0 N–H and O–H groups in total. The van der Waals surface area contributed by atoms with Crippen molar-refractivity contribution in [1.29, 1.82) is 0 Å². The molecule has 0 spiro atoms. The monoisotopic (exact) mass is 328 g/mol. The summed E-state index contributed by atoms with van der Waals surface area (Å²) in [5.74, 6) is 0.447. The minimum absolute atomic E-state index is 0.159. The molecule has 21 heavy (non-hydrogen) atoms. The third-order valence-corrected chi connectivity index (χ3v) is 4.73. The molecule has 0 aromatic heterocycles. The van der Waals surface area contributed by atoms with Gasteiger partial charge in [0.25, 0.3) is 0 Å². The van der Waals surface area contributed by atoms with Crippen LogP contribution in [0.5, 0.6) is 0 Å². The topological polar surface area (TPSA) is 23.6 Å². The Morgan fingerprint density at radius 3 is 2.33 bits per heavy atom. The van der Waals surface area contributed by atoms with Gasteiger partial charge in [0.2, 0.25) is 5.91 Å². The molecule has 1 amide bonds. The van der Waals surface area contributed by atoms with Crippen LogP contribution in [0, 0.1) is 5.92 Å². The van der Waals surface area contributed by atoms with E-state index < -0.39 is 0 Å². The van der Waals surface area contributed by atoms with E-state index in [1.54, 1.807) is 6.07 Å². The number of hydrogen-bond acceptors (Lipinski definition) is 2. The van der Waals surface area contributed by atoms with E-state index >= 15 is 0 Å². The largest absolute Gasteiger partial charge is 0.367 e. The summed E-state index contributed by atoms with van der Waals surface area (Å²) in [6.45, 7) is 7.25. The lowest BCUT2D eigenvalue weighted by molar-refractivity contribution is -0.136. The number of carbonyl (C=O) groups excluding carboxylic acids is 1. The van der Waals surface area contributed by atoms with Gasteiger partial charge in [0, 0.05) is 37.1 Å². The quantitative estimate of drug-likeness (QED) is 0.831. The van der Waals surface area contributed by atoms with Crippen LogP contribution in [0.2, 0.25) is 10.0 Å². The molecule has 2 rings (SSSR count). The van der Waals surface area contributed by atoms with Crippen molar-refractivity contribution in [1.82, 2.24) is 4.90 Å². The second-order valence-electron chi connectivity index (χ2n) is 5.42. The van der Waals surface area contributed by atoms with Crippen molar-refractivity contribution in [2.75, 3.05) is 31.1 Å². The molecule has 0 saturated carbocycles. The molecule has 0 aliphatic carbocycles. The van der Waals surface area contributed by atoms with E-state index in [1.807, 2.05) is 17.0 Å². The number of hydrogen-bond donors (Lipinski definition) is 0. The molecule has 1 aromatic carbocycles. The molecular weight excluding hydrogens is 307 g/mol. The Bertz CT molecular complexity index is 495. The van der Waals surface area contributed by atoms with Crippen LogP contribution in [0.25, 0.3) is 0 Å². The van der Waals surface area contributed by atoms with E-state index in [9.17, 15) is 4.79 Å². The van der Waals surface area contributed by atoms with Crippen LogP contribution in [0.15, 0.2) is 18.2 Å². The first kappa shape index (κ1) is 16.4. The first-order valence-corrected chi connectivity index (χ1v) is 8.31. The number of carbonyl (C=O) groups is 1. The molecule has 1 saturated heterocycles. The van der Waals surface area contributed by atoms with Gasteiger partial charge in [-0.2, -0.15) is 0 Å². The summed E-state index contributed by atoms with van der Waals surface area (Å²) in [6, 6.07) is 5.50. The van der Waals surface area contributed by atoms with Crippen molar-refractivity contribution in [2.45, 2.75) is 26.7 Å². The van der Waals surface area contributed by atoms with Gasteiger partial charge < -0.3 is 9.80 Å². The Morgan fingerprint density at radius 2 is 1.76 bits per heavy atom. The Labute approximate surface area is 136 Å². The number of halogens is 2. The van der Waals surface area contributed by atoms with Gasteiger partial charge in [-0.1, -0.05) is 37.0 Å². The predicted molar refractivity (Wildman–Crippen MR) is 89.3 cm³/mol. The zero-order valence-electron chi connectivity index (χ0n) is 12.6. The van der Waals surface area contributed by atoms with Crippen molar-refractivity contribution in [3.8, 4) is 0 Å². The Morgan fingerprint density at radius 1 is 1.14 bits per heavy atom. The maximum absolute atomic E-state index is 12.4. The number of benzene rings is 1. The molecule has 1 aromatic rings. The highest BCUT2D eigenvalue weighted by molar-refractivity contribution is 6.35. The normalized spacial score (nSPS) is 15.7. The molecule has 0 atom stereocenters. The number of anilines is 1. The van der Waals surface area contributed by atoms with Crippen LogP contribution >= 0.6 is 23.2 Å². The smallest absolute Gasteiger partial charge is 0.225 e. The van der Waals surface area contributed by atoms with Gasteiger partial charge in [-0.25, -0.2) is 0 Å². The SMILES string of the molecule is CCC(CC)C(=O)N1CCN(c2cc(Cl)ccc2Cl)CC1. The summed E-state index contributed by atoms with van der Waals surface area (Å²) in [5, 5.41) is 1.39. The molecule has 1 fully saturated rings. The van der Waals surface area contributed by atoms with Crippen molar-refractivity contribution < 1.29 is 4.79 Å². The number of amides is 1. The fourth-order valence-electron chi connectivity index (χ4n) is 2.79. The summed E-state index contributed by atoms with van der Waals surface area (Å²) < 4.78 is 0. The zero-order valence-corrected chi connectivity index (χ0v) is 14.1. The van der Waals surface area contributed by atoms with Gasteiger partial charge in [0.05, 0.1) is 10.7 Å². The minimum Gasteiger partial charge on any atom is -0.367 e. The van der Waals surface area contributed by atoms with E-state index in [0.717, 1.165) is 44.7 Å². The Hall–Kier alpha value is -0.930. The molecule has 0 radical (unpaired) electrons. The number of nitrogens with zero attached hydrogens (tertiary/aromatic N) is 2. The van der Waals surface area contributed by atoms with Gasteiger partial charge in [-0.05, 0) is 31.0 Å². The second-order valence-corrected chi connectivity index (χ2v) is 6.27. The lowest BCUT2D eigenvalue weighted by Crippen LogP contribution is -2.50. The van der Waals surface area contributed by atoms with Crippen LogP contribution in [-0.4, -0.2) is 37.0 Å². The van der Waals surface area contributed by atoms with E-state index in [2.05, 4.69) is 18.7 Å². The maximum Gasteiger partial charge on any atom is 0.225 e. The van der Waals surface area contributed by atoms with Gasteiger partial charge in [-0.3, -0.25) is 4.79 Å². The minimum atomic E-state index is 0.159. The van der Waals surface area contributed by atoms with Crippen LogP contribution in [-0.2, 0) is 4.79 Å². The molecule has 5 heteroatoms. The third kappa shape index (κ3) is 3.83. The molecule has 1 heterocycles. The van der Waals surface area contributed by atoms with E-state index in [0.29, 0.717) is 10.0 Å². The van der Waals surface area contributed by atoms with Crippen LogP contribution in [0.3, 0.4) is 0 Å². The highest BCUT2D eigenvalue weighted by Gasteiger charge is 2.26. The van der Waals surface area contributed by atoms with Crippen LogP contribution in [0.1, 0.15) is 26.7 Å². The van der Waals surface area contributed by atoms with Crippen molar-refractivity contribution in [3.63, 3.8) is 0 Å². The molecule has 1 aliphatic rings. The van der Waals surface area contributed by atoms with Gasteiger partial charge >= 0.3 is 0 Å². The summed E-state index contributed by atoms with van der Waals surface area (Å²) in [6.07, 6.45) is 1.82. The van der Waals surface area contributed by atoms with E-state index in [-0.39, 0.29) is 11.8 Å². The van der Waals surface area contributed by atoms with Crippen molar-refractivity contribution >= 4 is 34.8 Å². The molecular formula is C16H22Cl2N2O. The number of rotatable bonds is 4. The first-order valence-electron chi connectivity index (χ1n) is 7.55. The van der Waals surface area contributed by atoms with E-state index in [4.69, 9.17) is 23.2 Å². The first-order chi connectivity index (χ1) is 10.1. The number of piperazine rings is 1.